The highest BCUT2D eigenvalue weighted by Gasteiger charge is 2.25. The van der Waals surface area contributed by atoms with Gasteiger partial charge in [0.2, 0.25) is 11.8 Å². The van der Waals surface area contributed by atoms with Crippen LogP contribution in [-0.2, 0) is 9.59 Å². The van der Waals surface area contributed by atoms with Crippen LogP contribution in [0.1, 0.15) is 149 Å². The van der Waals surface area contributed by atoms with Crippen molar-refractivity contribution in [3.63, 3.8) is 0 Å². The SMILES string of the molecule is O=C1CCCCCCCCCCC(C(=O)c2ccc(C(=O)C3CCCCCCCCCCC(=O)N3)cc2)N1. The molecular formula is C32H48N2O4. The van der Waals surface area contributed by atoms with Crippen LogP contribution < -0.4 is 10.6 Å². The maximum Gasteiger partial charge on any atom is 0.220 e. The Morgan fingerprint density at radius 2 is 0.763 bits per heavy atom. The molecule has 6 nitrogen and oxygen atoms in total. The summed E-state index contributed by atoms with van der Waals surface area (Å²) in [6.45, 7) is 0. The molecule has 0 aliphatic carbocycles. The van der Waals surface area contributed by atoms with Crippen LogP contribution in [0.25, 0.3) is 0 Å². The van der Waals surface area contributed by atoms with Crippen molar-refractivity contribution in [1.82, 2.24) is 10.6 Å². The van der Waals surface area contributed by atoms with E-state index in [4.69, 9.17) is 0 Å². The molecule has 6 heteroatoms. The van der Waals surface area contributed by atoms with Gasteiger partial charge in [0.1, 0.15) is 0 Å². The monoisotopic (exact) mass is 524 g/mol. The van der Waals surface area contributed by atoms with E-state index in [2.05, 4.69) is 10.6 Å². The number of amides is 2. The van der Waals surface area contributed by atoms with Gasteiger partial charge in [0.15, 0.2) is 11.6 Å². The number of hydrogen-bond donors (Lipinski definition) is 2. The number of rotatable bonds is 4. The Hall–Kier alpha value is -2.50. The maximum atomic E-state index is 13.3. The Labute approximate surface area is 229 Å². The normalized spacial score (nSPS) is 24.0. The highest BCUT2D eigenvalue weighted by atomic mass is 16.2. The highest BCUT2D eigenvalue weighted by molar-refractivity contribution is 6.05. The summed E-state index contributed by atoms with van der Waals surface area (Å²) in [4.78, 5) is 51.7. The number of ketones is 2. The standard InChI is InChI=1S/C32H48N2O4/c35-29-19-15-11-7-3-1-5-9-13-17-27(33-29)31(37)25-21-23-26(24-22-25)32(38)28-18-14-10-6-2-4-8-12-16-20-30(36)34-28/h21-24,27-28H,1-20H2,(H,33,35)(H,34,36). The summed E-state index contributed by atoms with van der Waals surface area (Å²) in [5, 5.41) is 5.96. The van der Waals surface area contributed by atoms with Crippen molar-refractivity contribution < 1.29 is 19.2 Å². The molecule has 0 spiro atoms. The fourth-order valence-electron chi connectivity index (χ4n) is 5.66. The average Bonchev–Trinajstić information content (AvgIpc) is 2.96. The summed E-state index contributed by atoms with van der Waals surface area (Å²) < 4.78 is 0. The molecule has 2 atom stereocenters. The van der Waals surface area contributed by atoms with Crippen LogP contribution in [-0.4, -0.2) is 35.5 Å². The van der Waals surface area contributed by atoms with Gasteiger partial charge in [-0.05, 0) is 25.7 Å². The Morgan fingerprint density at radius 3 is 1.11 bits per heavy atom. The van der Waals surface area contributed by atoms with Crippen LogP contribution in [0.3, 0.4) is 0 Å². The molecule has 2 saturated heterocycles. The first-order valence-corrected chi connectivity index (χ1v) is 15.3. The van der Waals surface area contributed by atoms with Gasteiger partial charge in [0.05, 0.1) is 12.1 Å². The van der Waals surface area contributed by atoms with Crippen LogP contribution in [0.4, 0.5) is 0 Å². The van der Waals surface area contributed by atoms with Gasteiger partial charge in [-0.3, -0.25) is 19.2 Å². The van der Waals surface area contributed by atoms with Crippen molar-refractivity contribution >= 4 is 23.4 Å². The Bertz CT molecular complexity index is 822. The summed E-state index contributed by atoms with van der Waals surface area (Å²) in [7, 11) is 0. The zero-order valence-electron chi connectivity index (χ0n) is 23.2. The molecule has 0 radical (unpaired) electrons. The van der Waals surface area contributed by atoms with E-state index in [1.807, 2.05) is 0 Å². The number of Topliss-reactive ketones (excluding diaryl/α,β-unsaturated/α-hetero) is 2. The largest absolute Gasteiger partial charge is 0.346 e. The Morgan fingerprint density at radius 1 is 0.474 bits per heavy atom. The van der Waals surface area contributed by atoms with E-state index in [-0.39, 0.29) is 23.4 Å². The first kappa shape index (κ1) is 30.0. The van der Waals surface area contributed by atoms with Crippen LogP contribution >= 0.6 is 0 Å². The molecule has 210 valence electrons. The topological polar surface area (TPSA) is 92.3 Å². The molecule has 2 amide bonds. The minimum absolute atomic E-state index is 0.0525. The van der Waals surface area contributed by atoms with E-state index in [0.717, 1.165) is 51.4 Å². The third kappa shape index (κ3) is 10.7. The van der Waals surface area contributed by atoms with E-state index >= 15 is 0 Å². The van der Waals surface area contributed by atoms with Gasteiger partial charge in [-0.1, -0.05) is 114 Å². The molecular weight excluding hydrogens is 476 g/mol. The van der Waals surface area contributed by atoms with E-state index in [9.17, 15) is 19.2 Å². The summed E-state index contributed by atoms with van der Waals surface area (Å²) in [6, 6.07) is 5.74. The smallest absolute Gasteiger partial charge is 0.220 e. The number of benzene rings is 1. The molecule has 2 aliphatic heterocycles. The molecule has 2 unspecified atom stereocenters. The quantitative estimate of drug-likeness (QED) is 0.421. The third-order valence-electron chi connectivity index (χ3n) is 8.05. The van der Waals surface area contributed by atoms with Gasteiger partial charge in [0.25, 0.3) is 0 Å². The van der Waals surface area contributed by atoms with Crippen molar-refractivity contribution in [2.75, 3.05) is 0 Å². The van der Waals surface area contributed by atoms with Crippen molar-refractivity contribution in [3.05, 3.63) is 35.4 Å². The number of nitrogens with one attached hydrogen (secondary N) is 2. The Balaban J connectivity index is 1.65. The van der Waals surface area contributed by atoms with Gasteiger partial charge in [0, 0.05) is 24.0 Å². The zero-order valence-corrected chi connectivity index (χ0v) is 23.2. The molecule has 3 rings (SSSR count). The number of hydrogen-bond acceptors (Lipinski definition) is 4. The Kier molecular flexibility index (Phi) is 13.6. The van der Waals surface area contributed by atoms with E-state index in [0.29, 0.717) is 36.8 Å². The van der Waals surface area contributed by atoms with Crippen molar-refractivity contribution in [2.45, 2.75) is 141 Å². The second-order valence-corrected chi connectivity index (χ2v) is 11.3. The van der Waals surface area contributed by atoms with Crippen LogP contribution in [0, 0.1) is 0 Å². The lowest BCUT2D eigenvalue weighted by Crippen LogP contribution is -2.41. The van der Waals surface area contributed by atoms with Gasteiger partial charge in [-0.25, -0.2) is 0 Å². The van der Waals surface area contributed by atoms with Crippen molar-refractivity contribution in [3.8, 4) is 0 Å². The number of carbonyl (C=O) groups is 4. The molecule has 0 saturated carbocycles. The van der Waals surface area contributed by atoms with E-state index < -0.39 is 12.1 Å². The molecule has 2 heterocycles. The second kappa shape index (κ2) is 17.2. The molecule has 0 bridgehead atoms. The highest BCUT2D eigenvalue weighted by Crippen LogP contribution is 2.18. The summed E-state index contributed by atoms with van der Waals surface area (Å²) >= 11 is 0. The van der Waals surface area contributed by atoms with Crippen molar-refractivity contribution in [2.24, 2.45) is 0 Å². The van der Waals surface area contributed by atoms with Gasteiger partial charge >= 0.3 is 0 Å². The molecule has 0 aromatic heterocycles. The first-order chi connectivity index (χ1) is 18.5. The number of carbonyl (C=O) groups excluding carboxylic acids is 4. The predicted molar refractivity (Wildman–Crippen MR) is 151 cm³/mol. The molecule has 2 N–H and O–H groups in total. The minimum atomic E-state index is -0.528. The molecule has 1 aromatic carbocycles. The fourth-order valence-corrected chi connectivity index (χ4v) is 5.66. The third-order valence-corrected chi connectivity index (χ3v) is 8.05. The van der Waals surface area contributed by atoms with Crippen LogP contribution in [0.15, 0.2) is 24.3 Å². The second-order valence-electron chi connectivity index (χ2n) is 11.3. The lowest BCUT2D eigenvalue weighted by molar-refractivity contribution is -0.122. The first-order valence-electron chi connectivity index (χ1n) is 15.3. The minimum Gasteiger partial charge on any atom is -0.346 e. The molecule has 38 heavy (non-hydrogen) atoms. The molecule has 2 aliphatic rings. The molecule has 1 aromatic rings. The predicted octanol–water partition coefficient (Wildman–Crippen LogP) is 6.85. The van der Waals surface area contributed by atoms with Crippen LogP contribution in [0.2, 0.25) is 0 Å². The summed E-state index contributed by atoms with van der Waals surface area (Å²) in [5.41, 5.74) is 1.02. The molecule has 2 fully saturated rings. The van der Waals surface area contributed by atoms with E-state index in [1.165, 1.54) is 51.4 Å². The maximum absolute atomic E-state index is 13.3. The van der Waals surface area contributed by atoms with Gasteiger partial charge in [-0.2, -0.15) is 0 Å². The van der Waals surface area contributed by atoms with Gasteiger partial charge in [-0.15, -0.1) is 0 Å². The zero-order chi connectivity index (χ0) is 27.0. The lowest BCUT2D eigenvalue weighted by Gasteiger charge is -2.19. The van der Waals surface area contributed by atoms with Crippen LogP contribution in [0.5, 0.6) is 0 Å². The van der Waals surface area contributed by atoms with E-state index in [1.54, 1.807) is 24.3 Å². The van der Waals surface area contributed by atoms with Gasteiger partial charge < -0.3 is 10.6 Å². The summed E-state index contributed by atoms with van der Waals surface area (Å²) in [6.07, 6.45) is 19.6. The lowest BCUT2D eigenvalue weighted by atomic mass is 9.94. The summed E-state index contributed by atoms with van der Waals surface area (Å²) in [5.74, 6) is -0.295. The average molecular weight is 525 g/mol. The fraction of sp³-hybridized carbons (Fsp3) is 0.688. The van der Waals surface area contributed by atoms with Crippen molar-refractivity contribution in [1.29, 1.82) is 0 Å².